The number of carbonyl (C=O) groups is 1. The Hall–Kier alpha value is -2.41. The van der Waals surface area contributed by atoms with Gasteiger partial charge in [0.1, 0.15) is 0 Å². The van der Waals surface area contributed by atoms with E-state index in [0.29, 0.717) is 11.3 Å². The highest BCUT2D eigenvalue weighted by atomic mass is 79.9. The number of hydrogen-bond acceptors (Lipinski definition) is 4. The highest BCUT2D eigenvalue weighted by Crippen LogP contribution is 2.29. The monoisotopic (exact) mass is 389 g/mol. The largest absolute Gasteiger partial charge is 0.371 e. The van der Waals surface area contributed by atoms with Crippen LogP contribution in [-0.4, -0.2) is 23.9 Å². The van der Waals surface area contributed by atoms with Crippen molar-refractivity contribution in [1.82, 2.24) is 0 Å². The van der Waals surface area contributed by atoms with Crippen LogP contribution >= 0.6 is 15.9 Å². The predicted molar refractivity (Wildman–Crippen MR) is 96.6 cm³/mol. The van der Waals surface area contributed by atoms with Crippen LogP contribution < -0.4 is 10.2 Å². The lowest BCUT2D eigenvalue weighted by molar-refractivity contribution is -0.384. The first-order chi connectivity index (χ1) is 11.5. The summed E-state index contributed by atoms with van der Waals surface area (Å²) in [7, 11) is 0. The van der Waals surface area contributed by atoms with Gasteiger partial charge in [-0.05, 0) is 43.2 Å². The molecule has 0 atom stereocenters. The summed E-state index contributed by atoms with van der Waals surface area (Å²) in [6.07, 6.45) is 2.12. The molecule has 1 N–H and O–H groups in total. The number of benzene rings is 2. The minimum atomic E-state index is -0.482. The van der Waals surface area contributed by atoms with Crippen LogP contribution in [-0.2, 0) is 0 Å². The summed E-state index contributed by atoms with van der Waals surface area (Å²) in [5.41, 5.74) is 1.63. The van der Waals surface area contributed by atoms with Crippen molar-refractivity contribution in [2.45, 2.75) is 12.8 Å². The maximum Gasteiger partial charge on any atom is 0.270 e. The summed E-state index contributed by atoms with van der Waals surface area (Å²) >= 11 is 3.34. The third kappa shape index (κ3) is 3.56. The zero-order chi connectivity index (χ0) is 17.1. The summed E-state index contributed by atoms with van der Waals surface area (Å²) in [5.74, 6) is -0.345. The van der Waals surface area contributed by atoms with E-state index in [1.165, 1.54) is 12.1 Å². The van der Waals surface area contributed by atoms with Crippen molar-refractivity contribution < 1.29 is 9.72 Å². The molecular formula is C17H16BrN3O3. The fraction of sp³-hybridized carbons (Fsp3) is 0.235. The van der Waals surface area contributed by atoms with Gasteiger partial charge in [-0.15, -0.1) is 0 Å². The number of non-ortho nitro benzene ring substituents is 1. The van der Waals surface area contributed by atoms with Crippen LogP contribution in [0.25, 0.3) is 0 Å². The molecular weight excluding hydrogens is 374 g/mol. The van der Waals surface area contributed by atoms with Crippen LogP contribution in [0, 0.1) is 10.1 Å². The average Bonchev–Trinajstić information content (AvgIpc) is 3.10. The van der Waals surface area contributed by atoms with Gasteiger partial charge in [-0.3, -0.25) is 14.9 Å². The van der Waals surface area contributed by atoms with E-state index < -0.39 is 4.92 Å². The highest BCUT2D eigenvalue weighted by Gasteiger charge is 2.22. The molecule has 1 heterocycles. The fourth-order valence-electron chi connectivity index (χ4n) is 2.78. The first-order valence-corrected chi connectivity index (χ1v) is 8.44. The third-order valence-electron chi connectivity index (χ3n) is 3.98. The molecule has 1 saturated heterocycles. The van der Waals surface area contributed by atoms with Crippen molar-refractivity contribution in [3.8, 4) is 0 Å². The quantitative estimate of drug-likeness (QED) is 0.627. The van der Waals surface area contributed by atoms with E-state index in [9.17, 15) is 14.9 Å². The Morgan fingerprint density at radius 3 is 2.42 bits per heavy atom. The molecule has 1 amide bonds. The molecule has 124 valence electrons. The molecule has 0 aliphatic carbocycles. The minimum absolute atomic E-state index is 0.0843. The Morgan fingerprint density at radius 2 is 1.79 bits per heavy atom. The number of nitrogens with zero attached hydrogens (tertiary/aromatic N) is 2. The molecule has 2 aromatic rings. The second-order valence-corrected chi connectivity index (χ2v) is 6.53. The Bertz CT molecular complexity index is 771. The first kappa shape index (κ1) is 16.4. The number of hydrogen-bond donors (Lipinski definition) is 1. The SMILES string of the molecule is O=C(Nc1ccc(Br)cc1)c1cc([N+](=O)[O-])ccc1N1CCCC1. The van der Waals surface area contributed by atoms with Crippen molar-refractivity contribution in [2.75, 3.05) is 23.3 Å². The standard InChI is InChI=1S/C17H16BrN3O3/c18-12-3-5-13(6-4-12)19-17(22)15-11-14(21(23)24)7-8-16(15)20-9-1-2-10-20/h3-8,11H,1-2,9-10H2,(H,19,22). The number of rotatable bonds is 4. The maximum absolute atomic E-state index is 12.7. The van der Waals surface area contributed by atoms with Crippen molar-refractivity contribution in [3.05, 3.63) is 62.6 Å². The smallest absolute Gasteiger partial charge is 0.270 e. The van der Waals surface area contributed by atoms with Gasteiger partial charge in [0.25, 0.3) is 11.6 Å². The van der Waals surface area contributed by atoms with Gasteiger partial charge in [-0.1, -0.05) is 15.9 Å². The second kappa shape index (κ2) is 7.00. The molecule has 0 bridgehead atoms. The fourth-order valence-corrected chi connectivity index (χ4v) is 3.05. The van der Waals surface area contributed by atoms with Gasteiger partial charge >= 0.3 is 0 Å². The maximum atomic E-state index is 12.7. The van der Waals surface area contributed by atoms with Crippen molar-refractivity contribution in [2.24, 2.45) is 0 Å². The Morgan fingerprint density at radius 1 is 1.12 bits per heavy atom. The lowest BCUT2D eigenvalue weighted by Gasteiger charge is -2.20. The highest BCUT2D eigenvalue weighted by molar-refractivity contribution is 9.10. The van der Waals surface area contributed by atoms with Crippen molar-refractivity contribution in [3.63, 3.8) is 0 Å². The third-order valence-corrected chi connectivity index (χ3v) is 4.51. The summed E-state index contributed by atoms with van der Waals surface area (Å²) < 4.78 is 0.911. The van der Waals surface area contributed by atoms with Gasteiger partial charge in [-0.25, -0.2) is 0 Å². The predicted octanol–water partition coefficient (Wildman–Crippen LogP) is 4.21. The summed E-state index contributed by atoms with van der Waals surface area (Å²) in [4.78, 5) is 25.4. The molecule has 1 aliphatic rings. The van der Waals surface area contributed by atoms with Gasteiger partial charge in [0.05, 0.1) is 16.2 Å². The summed E-state index contributed by atoms with van der Waals surface area (Å²) in [6, 6.07) is 11.7. The van der Waals surface area contributed by atoms with Gasteiger partial charge in [0.15, 0.2) is 0 Å². The van der Waals surface area contributed by atoms with Crippen molar-refractivity contribution in [1.29, 1.82) is 0 Å². The molecule has 7 heteroatoms. The minimum Gasteiger partial charge on any atom is -0.371 e. The van der Waals surface area contributed by atoms with E-state index in [1.807, 2.05) is 12.1 Å². The molecule has 3 rings (SSSR count). The molecule has 0 saturated carbocycles. The topological polar surface area (TPSA) is 75.5 Å². The van der Waals surface area contributed by atoms with Crippen LogP contribution in [0.5, 0.6) is 0 Å². The van der Waals surface area contributed by atoms with E-state index in [1.54, 1.807) is 18.2 Å². The molecule has 6 nitrogen and oxygen atoms in total. The zero-order valence-electron chi connectivity index (χ0n) is 12.9. The number of carbonyl (C=O) groups excluding carboxylic acids is 1. The van der Waals surface area contributed by atoms with Gasteiger partial charge in [0, 0.05) is 35.4 Å². The normalized spacial score (nSPS) is 13.8. The Balaban J connectivity index is 1.93. The zero-order valence-corrected chi connectivity index (χ0v) is 14.5. The van der Waals surface area contributed by atoms with Crippen LogP contribution in [0.1, 0.15) is 23.2 Å². The summed E-state index contributed by atoms with van der Waals surface area (Å²) in [6.45, 7) is 1.72. The average molecular weight is 390 g/mol. The molecule has 24 heavy (non-hydrogen) atoms. The molecule has 1 fully saturated rings. The number of amides is 1. The van der Waals surface area contributed by atoms with E-state index in [2.05, 4.69) is 26.1 Å². The van der Waals surface area contributed by atoms with E-state index in [0.717, 1.165) is 36.1 Å². The second-order valence-electron chi connectivity index (χ2n) is 5.61. The number of nitro benzene ring substituents is 1. The van der Waals surface area contributed by atoms with E-state index in [-0.39, 0.29) is 11.6 Å². The van der Waals surface area contributed by atoms with Crippen LogP contribution in [0.3, 0.4) is 0 Å². The molecule has 1 aliphatic heterocycles. The molecule has 2 aromatic carbocycles. The van der Waals surface area contributed by atoms with Crippen molar-refractivity contribution >= 4 is 38.9 Å². The van der Waals surface area contributed by atoms with Crippen LogP contribution in [0.2, 0.25) is 0 Å². The van der Waals surface area contributed by atoms with E-state index in [4.69, 9.17) is 0 Å². The van der Waals surface area contributed by atoms with E-state index >= 15 is 0 Å². The number of halogens is 1. The lowest BCUT2D eigenvalue weighted by atomic mass is 10.1. The number of nitro groups is 1. The van der Waals surface area contributed by atoms with Gasteiger partial charge in [0.2, 0.25) is 0 Å². The van der Waals surface area contributed by atoms with Gasteiger partial charge < -0.3 is 10.2 Å². The number of anilines is 2. The summed E-state index contributed by atoms with van der Waals surface area (Å²) in [5, 5.41) is 13.9. The molecule has 0 spiro atoms. The molecule has 0 radical (unpaired) electrons. The molecule has 0 unspecified atom stereocenters. The first-order valence-electron chi connectivity index (χ1n) is 7.65. The lowest BCUT2D eigenvalue weighted by Crippen LogP contribution is -2.23. The van der Waals surface area contributed by atoms with Gasteiger partial charge in [-0.2, -0.15) is 0 Å². The Labute approximate surface area is 147 Å². The Kier molecular flexibility index (Phi) is 4.80. The van der Waals surface area contributed by atoms with Crippen LogP contribution in [0.15, 0.2) is 46.9 Å². The van der Waals surface area contributed by atoms with Crippen LogP contribution in [0.4, 0.5) is 17.1 Å². The number of nitrogens with one attached hydrogen (secondary N) is 1. The molecule has 0 aromatic heterocycles.